The van der Waals surface area contributed by atoms with Gasteiger partial charge >= 0.3 is 11.7 Å². The number of hydrogen-bond donors (Lipinski definition) is 2. The second kappa shape index (κ2) is 7.38. The number of nitrogens with zero attached hydrogens (tertiary/aromatic N) is 3. The molecular weight excluding hydrogens is 374 g/mol. The van der Waals surface area contributed by atoms with E-state index in [1.165, 1.54) is 0 Å². The number of fused-ring (bicyclic) bond motifs is 1. The Morgan fingerprint density at radius 3 is 2.38 bits per heavy atom. The Morgan fingerprint density at radius 2 is 1.72 bits per heavy atom. The van der Waals surface area contributed by atoms with Gasteiger partial charge in [-0.25, -0.2) is 9.59 Å². The molecule has 29 heavy (non-hydrogen) atoms. The third kappa shape index (κ3) is 3.20. The maximum atomic E-state index is 12.7. The first-order chi connectivity index (χ1) is 14.0. The minimum Gasteiger partial charge on any atom is -0.322 e. The van der Waals surface area contributed by atoms with Crippen LogP contribution in [-0.4, -0.2) is 37.5 Å². The van der Waals surface area contributed by atoms with Crippen LogP contribution in [0.4, 0.5) is 4.79 Å². The van der Waals surface area contributed by atoms with Crippen LogP contribution in [0.25, 0.3) is 11.0 Å². The molecule has 0 atom stereocenters. The number of rotatable bonds is 5. The summed E-state index contributed by atoms with van der Waals surface area (Å²) in [6, 6.07) is 6.82. The number of imide groups is 1. The second-order valence-corrected chi connectivity index (χ2v) is 7.67. The van der Waals surface area contributed by atoms with Crippen LogP contribution < -0.4 is 16.4 Å². The molecule has 1 saturated heterocycles. The number of aryl methyl sites for hydroxylation is 2. The van der Waals surface area contributed by atoms with E-state index >= 15 is 0 Å². The van der Waals surface area contributed by atoms with Crippen LogP contribution in [0.5, 0.6) is 0 Å². The number of benzene rings is 1. The molecule has 1 aliphatic carbocycles. The summed E-state index contributed by atoms with van der Waals surface area (Å²) >= 11 is 0. The van der Waals surface area contributed by atoms with Crippen molar-refractivity contribution in [1.29, 1.82) is 0 Å². The predicted octanol–water partition coefficient (Wildman–Crippen LogP) is 1.50. The molecule has 1 aliphatic heterocycles. The molecule has 0 radical (unpaired) electrons. The maximum Gasteiger partial charge on any atom is 0.344 e. The van der Waals surface area contributed by atoms with Crippen molar-refractivity contribution in [3.05, 3.63) is 34.7 Å². The van der Waals surface area contributed by atoms with Gasteiger partial charge in [-0.3, -0.25) is 24.1 Å². The molecule has 2 aromatic rings. The van der Waals surface area contributed by atoms with Gasteiger partial charge in [0.1, 0.15) is 5.54 Å². The van der Waals surface area contributed by atoms with E-state index in [1.807, 2.05) is 31.2 Å². The Morgan fingerprint density at radius 1 is 1.07 bits per heavy atom. The molecule has 1 saturated carbocycles. The third-order valence-corrected chi connectivity index (χ3v) is 5.91. The summed E-state index contributed by atoms with van der Waals surface area (Å²) in [6.07, 6.45) is 3.95. The Hall–Kier alpha value is -3.10. The fourth-order valence-corrected chi connectivity index (χ4v) is 4.40. The maximum absolute atomic E-state index is 12.7. The topological polar surface area (TPSA) is 105 Å². The van der Waals surface area contributed by atoms with Crippen molar-refractivity contribution < 1.29 is 14.4 Å². The summed E-state index contributed by atoms with van der Waals surface area (Å²) in [5.74, 6) is -0.878. The van der Waals surface area contributed by atoms with Crippen molar-refractivity contribution >= 4 is 28.9 Å². The minimum absolute atomic E-state index is 0.0261. The van der Waals surface area contributed by atoms with E-state index in [0.29, 0.717) is 19.4 Å². The summed E-state index contributed by atoms with van der Waals surface area (Å²) < 4.78 is 3.20. The summed E-state index contributed by atoms with van der Waals surface area (Å²) in [5, 5.41) is 3.55. The molecule has 4 rings (SSSR count). The molecule has 4 amide bonds. The smallest absolute Gasteiger partial charge is 0.322 e. The number of hydrogen-bond acceptors (Lipinski definition) is 4. The number of nitrogens with one attached hydrogen (secondary N) is 2. The quantitative estimate of drug-likeness (QED) is 0.743. The van der Waals surface area contributed by atoms with E-state index in [1.54, 1.807) is 9.13 Å². The molecule has 1 spiro atoms. The van der Waals surface area contributed by atoms with E-state index in [0.717, 1.165) is 35.3 Å². The average molecular weight is 399 g/mol. The van der Waals surface area contributed by atoms with Gasteiger partial charge in [0.15, 0.2) is 0 Å². The number of carbonyl (C=O) groups excluding carboxylic acids is 3. The molecular formula is C20H25N5O4. The molecule has 9 nitrogen and oxygen atoms in total. The van der Waals surface area contributed by atoms with Gasteiger partial charge < -0.3 is 5.32 Å². The van der Waals surface area contributed by atoms with Crippen LogP contribution in [0.1, 0.15) is 45.4 Å². The van der Waals surface area contributed by atoms with Crippen molar-refractivity contribution in [2.45, 2.75) is 64.1 Å². The molecule has 0 bridgehead atoms. The Labute approximate surface area is 167 Å². The third-order valence-electron chi connectivity index (χ3n) is 5.91. The molecule has 2 N–H and O–H groups in total. The molecule has 0 unspecified atom stereocenters. The highest BCUT2D eigenvalue weighted by atomic mass is 16.2. The lowest BCUT2D eigenvalue weighted by atomic mass is 9.82. The summed E-state index contributed by atoms with van der Waals surface area (Å²) in [6.45, 7) is 2.58. The lowest BCUT2D eigenvalue weighted by molar-refractivity contribution is -0.140. The number of imidazole rings is 1. The average Bonchev–Trinajstić information content (AvgIpc) is 3.12. The Balaban J connectivity index is 1.46. The van der Waals surface area contributed by atoms with Gasteiger partial charge in [0.05, 0.1) is 11.0 Å². The zero-order chi connectivity index (χ0) is 20.6. The first-order valence-corrected chi connectivity index (χ1v) is 10.1. The van der Waals surface area contributed by atoms with Gasteiger partial charge in [0.2, 0.25) is 5.91 Å². The monoisotopic (exact) mass is 399 g/mol. The zero-order valence-corrected chi connectivity index (χ0v) is 16.4. The van der Waals surface area contributed by atoms with Crippen LogP contribution in [0.3, 0.4) is 0 Å². The number of hydrazine groups is 1. The molecule has 154 valence electrons. The van der Waals surface area contributed by atoms with Crippen LogP contribution in [-0.2, 0) is 22.7 Å². The Bertz CT molecular complexity index is 1030. The number of urea groups is 1. The molecule has 2 fully saturated rings. The highest BCUT2D eigenvalue weighted by Gasteiger charge is 2.52. The van der Waals surface area contributed by atoms with Crippen LogP contribution in [0, 0.1) is 0 Å². The second-order valence-electron chi connectivity index (χ2n) is 7.67. The van der Waals surface area contributed by atoms with Crippen LogP contribution in [0.15, 0.2) is 29.1 Å². The van der Waals surface area contributed by atoms with E-state index < -0.39 is 23.4 Å². The van der Waals surface area contributed by atoms with Crippen molar-refractivity contribution in [2.24, 2.45) is 0 Å². The molecule has 2 heterocycles. The summed E-state index contributed by atoms with van der Waals surface area (Å²) in [4.78, 5) is 50.1. The minimum atomic E-state index is -0.881. The summed E-state index contributed by atoms with van der Waals surface area (Å²) in [7, 11) is 0. The van der Waals surface area contributed by atoms with Gasteiger partial charge in [-0.15, -0.1) is 0 Å². The van der Waals surface area contributed by atoms with Crippen molar-refractivity contribution in [3.63, 3.8) is 0 Å². The zero-order valence-electron chi connectivity index (χ0n) is 16.4. The van der Waals surface area contributed by atoms with E-state index in [-0.39, 0.29) is 18.7 Å². The van der Waals surface area contributed by atoms with E-state index in [4.69, 9.17) is 0 Å². The SMILES string of the molecule is CCn1c(=O)n(CCC(=O)NN2C(=O)NC3(CCCCC3)C2=O)c2ccccc21. The standard InChI is InChI=1S/C20H25N5O4/c1-2-23-14-8-4-5-9-15(14)24(19(23)29)13-10-16(26)22-25-17(27)20(21-18(25)28)11-6-3-7-12-20/h4-5,8-9H,2-3,6-7,10-13H2,1H3,(H,21,28)(H,22,26). The van der Waals surface area contributed by atoms with Crippen LogP contribution in [0.2, 0.25) is 0 Å². The van der Waals surface area contributed by atoms with Gasteiger partial charge in [-0.1, -0.05) is 31.4 Å². The lowest BCUT2D eigenvalue weighted by Crippen LogP contribution is -2.51. The normalized spacial score (nSPS) is 18.4. The van der Waals surface area contributed by atoms with Crippen LogP contribution >= 0.6 is 0 Å². The number of amides is 4. The first-order valence-electron chi connectivity index (χ1n) is 10.1. The molecule has 1 aromatic heterocycles. The van der Waals surface area contributed by atoms with Crippen molar-refractivity contribution in [1.82, 2.24) is 24.9 Å². The van der Waals surface area contributed by atoms with Gasteiger partial charge in [0.25, 0.3) is 5.91 Å². The van der Waals surface area contributed by atoms with Gasteiger partial charge in [-0.2, -0.15) is 5.01 Å². The number of carbonyl (C=O) groups is 3. The molecule has 9 heteroatoms. The predicted molar refractivity (Wildman–Crippen MR) is 106 cm³/mol. The highest BCUT2D eigenvalue weighted by molar-refractivity contribution is 6.08. The lowest BCUT2D eigenvalue weighted by Gasteiger charge is -2.30. The first kappa shape index (κ1) is 19.2. The highest BCUT2D eigenvalue weighted by Crippen LogP contribution is 2.33. The van der Waals surface area contributed by atoms with Crippen molar-refractivity contribution in [3.8, 4) is 0 Å². The number of aromatic nitrogens is 2. The summed E-state index contributed by atoms with van der Waals surface area (Å²) in [5.41, 5.74) is 2.92. The molecule has 1 aromatic carbocycles. The van der Waals surface area contributed by atoms with Crippen molar-refractivity contribution in [2.75, 3.05) is 0 Å². The van der Waals surface area contributed by atoms with Gasteiger partial charge in [0, 0.05) is 19.5 Å². The van der Waals surface area contributed by atoms with E-state index in [9.17, 15) is 19.2 Å². The number of para-hydroxylation sites is 2. The van der Waals surface area contributed by atoms with E-state index in [2.05, 4.69) is 10.7 Å². The molecule has 2 aliphatic rings. The fraction of sp³-hybridized carbons (Fsp3) is 0.500. The largest absolute Gasteiger partial charge is 0.344 e. The Kier molecular flexibility index (Phi) is 4.89. The van der Waals surface area contributed by atoms with Gasteiger partial charge in [-0.05, 0) is 31.9 Å². The fourth-order valence-electron chi connectivity index (χ4n) is 4.40.